The highest BCUT2D eigenvalue weighted by Gasteiger charge is 2.27. The van der Waals surface area contributed by atoms with Crippen molar-refractivity contribution in [2.45, 2.75) is 38.8 Å². The topological polar surface area (TPSA) is 45.7 Å². The average Bonchev–Trinajstić information content (AvgIpc) is 3.39. The second-order valence-electron chi connectivity index (χ2n) is 7.98. The largest absolute Gasteiger partial charge is 0.459 e. The Bertz CT molecular complexity index is 923. The van der Waals surface area contributed by atoms with Crippen molar-refractivity contribution >= 4 is 0 Å². The summed E-state index contributed by atoms with van der Waals surface area (Å²) in [6, 6.07) is 13.4. The Morgan fingerprint density at radius 1 is 1.04 bits per heavy atom. The molecule has 1 atom stereocenters. The van der Waals surface area contributed by atoms with Crippen LogP contribution < -0.4 is 0 Å². The lowest BCUT2D eigenvalue weighted by atomic mass is 9.87. The fraction of sp³-hybridized carbons (Fsp3) is 0.435. The predicted molar refractivity (Wildman–Crippen MR) is 108 cm³/mol. The van der Waals surface area contributed by atoms with E-state index in [4.69, 9.17) is 8.83 Å². The summed E-state index contributed by atoms with van der Waals surface area (Å²) < 4.78 is 11.2. The third-order valence-electron chi connectivity index (χ3n) is 6.24. The first kappa shape index (κ1) is 17.7. The van der Waals surface area contributed by atoms with Crippen LogP contribution in [0.5, 0.6) is 0 Å². The zero-order chi connectivity index (χ0) is 18.9. The van der Waals surface area contributed by atoms with Crippen LogP contribution in [0.25, 0.3) is 11.7 Å². The van der Waals surface area contributed by atoms with Gasteiger partial charge in [-0.25, -0.2) is 4.98 Å². The van der Waals surface area contributed by atoms with Crippen LogP contribution in [-0.2, 0) is 19.4 Å². The number of oxazole rings is 1. The Balaban J connectivity index is 1.18. The van der Waals surface area contributed by atoms with E-state index in [1.54, 1.807) is 17.4 Å². The molecule has 5 nitrogen and oxygen atoms in total. The van der Waals surface area contributed by atoms with Crippen molar-refractivity contribution in [3.8, 4) is 11.7 Å². The predicted octanol–water partition coefficient (Wildman–Crippen LogP) is 3.92. The van der Waals surface area contributed by atoms with E-state index in [9.17, 15) is 0 Å². The number of aromatic nitrogens is 1. The monoisotopic (exact) mass is 377 g/mol. The van der Waals surface area contributed by atoms with Crippen molar-refractivity contribution in [1.82, 2.24) is 14.8 Å². The summed E-state index contributed by atoms with van der Waals surface area (Å²) in [5, 5.41) is 0. The van der Waals surface area contributed by atoms with Gasteiger partial charge in [0.05, 0.1) is 12.0 Å². The Morgan fingerprint density at radius 2 is 1.86 bits per heavy atom. The molecular weight excluding hydrogens is 350 g/mol. The van der Waals surface area contributed by atoms with E-state index in [0.29, 0.717) is 17.7 Å². The molecule has 3 aromatic rings. The van der Waals surface area contributed by atoms with E-state index in [2.05, 4.69) is 39.0 Å². The molecule has 0 radical (unpaired) electrons. The van der Waals surface area contributed by atoms with Crippen molar-refractivity contribution in [3.05, 3.63) is 65.2 Å². The lowest BCUT2D eigenvalue weighted by Gasteiger charge is -2.41. The molecule has 1 saturated heterocycles. The van der Waals surface area contributed by atoms with Gasteiger partial charge in [-0.1, -0.05) is 24.3 Å². The normalized spacial score (nSPS) is 21.0. The molecule has 0 spiro atoms. The van der Waals surface area contributed by atoms with Crippen molar-refractivity contribution in [1.29, 1.82) is 0 Å². The molecule has 146 valence electrons. The van der Waals surface area contributed by atoms with Gasteiger partial charge >= 0.3 is 0 Å². The Morgan fingerprint density at radius 3 is 2.64 bits per heavy atom. The fourth-order valence-corrected chi connectivity index (χ4v) is 4.57. The second kappa shape index (κ2) is 7.57. The first-order valence-electron chi connectivity index (χ1n) is 10.3. The van der Waals surface area contributed by atoms with Crippen LogP contribution in [0.15, 0.2) is 51.5 Å². The molecule has 1 fully saturated rings. The average molecular weight is 377 g/mol. The molecule has 5 heteroatoms. The molecule has 2 aromatic heterocycles. The first-order valence-corrected chi connectivity index (χ1v) is 10.3. The van der Waals surface area contributed by atoms with E-state index < -0.39 is 0 Å². The molecule has 1 aliphatic carbocycles. The molecule has 0 N–H and O–H groups in total. The molecule has 0 bridgehead atoms. The number of hydrogen-bond acceptors (Lipinski definition) is 5. The van der Waals surface area contributed by atoms with Gasteiger partial charge in [-0.3, -0.25) is 9.80 Å². The summed E-state index contributed by atoms with van der Waals surface area (Å²) in [7, 11) is 0. The number of nitrogens with zero attached hydrogens (tertiary/aromatic N) is 3. The second-order valence-corrected chi connectivity index (χ2v) is 7.98. The Labute approximate surface area is 166 Å². The van der Waals surface area contributed by atoms with Crippen molar-refractivity contribution in [2.75, 3.05) is 26.2 Å². The molecule has 3 heterocycles. The van der Waals surface area contributed by atoms with E-state index in [0.717, 1.165) is 44.2 Å². The minimum atomic E-state index is 0.581. The third-order valence-corrected chi connectivity index (χ3v) is 6.24. The summed E-state index contributed by atoms with van der Waals surface area (Å²) in [5.41, 5.74) is 4.11. The highest BCUT2D eigenvalue weighted by Crippen LogP contribution is 2.26. The van der Waals surface area contributed by atoms with E-state index >= 15 is 0 Å². The Kier molecular flexibility index (Phi) is 4.79. The maximum absolute atomic E-state index is 5.81. The molecular formula is C23H27N3O2. The van der Waals surface area contributed by atoms with Crippen LogP contribution in [0.1, 0.15) is 29.0 Å². The lowest BCUT2D eigenvalue weighted by molar-refractivity contribution is 0.0848. The number of piperazine rings is 1. The molecule has 0 unspecified atom stereocenters. The van der Waals surface area contributed by atoms with E-state index in [-0.39, 0.29) is 0 Å². The van der Waals surface area contributed by atoms with Gasteiger partial charge in [0.2, 0.25) is 0 Å². The maximum Gasteiger partial charge on any atom is 0.263 e. The zero-order valence-corrected chi connectivity index (χ0v) is 16.4. The highest BCUT2D eigenvalue weighted by molar-refractivity contribution is 5.44. The maximum atomic E-state index is 5.81. The number of fused-ring (bicyclic) bond motifs is 1. The summed E-state index contributed by atoms with van der Waals surface area (Å²) in [4.78, 5) is 9.85. The van der Waals surface area contributed by atoms with Gasteiger partial charge in [0, 0.05) is 38.8 Å². The Hall–Kier alpha value is -2.37. The minimum absolute atomic E-state index is 0.581. The van der Waals surface area contributed by atoms with Crippen molar-refractivity contribution in [2.24, 2.45) is 0 Å². The highest BCUT2D eigenvalue weighted by atomic mass is 16.4. The van der Waals surface area contributed by atoms with Gasteiger partial charge in [-0.15, -0.1) is 0 Å². The SMILES string of the molecule is Cc1oc(-c2ccco2)nc1CN1CCN([C@@H]2CCc3ccccc3C2)CC1. The third kappa shape index (κ3) is 3.52. The first-order chi connectivity index (χ1) is 13.8. The van der Waals surface area contributed by atoms with Crippen LogP contribution in [0.4, 0.5) is 0 Å². The van der Waals surface area contributed by atoms with Gasteiger partial charge in [-0.2, -0.15) is 0 Å². The smallest absolute Gasteiger partial charge is 0.263 e. The van der Waals surface area contributed by atoms with Gasteiger partial charge in [0.1, 0.15) is 5.76 Å². The van der Waals surface area contributed by atoms with Crippen LogP contribution in [0.3, 0.4) is 0 Å². The lowest BCUT2D eigenvalue weighted by Crippen LogP contribution is -2.51. The quantitative estimate of drug-likeness (QED) is 0.690. The van der Waals surface area contributed by atoms with Crippen LogP contribution in [0, 0.1) is 6.92 Å². The van der Waals surface area contributed by atoms with Gasteiger partial charge in [-0.05, 0) is 49.4 Å². The van der Waals surface area contributed by atoms with E-state index in [1.807, 2.05) is 19.1 Å². The summed E-state index contributed by atoms with van der Waals surface area (Å²) in [6.07, 6.45) is 5.35. The van der Waals surface area contributed by atoms with Crippen molar-refractivity contribution in [3.63, 3.8) is 0 Å². The fourth-order valence-electron chi connectivity index (χ4n) is 4.57. The molecule has 2 aliphatic rings. The van der Waals surface area contributed by atoms with Crippen molar-refractivity contribution < 1.29 is 8.83 Å². The number of rotatable bonds is 4. The molecule has 0 saturated carbocycles. The minimum Gasteiger partial charge on any atom is -0.459 e. The van der Waals surface area contributed by atoms with E-state index in [1.165, 1.54) is 19.3 Å². The molecule has 28 heavy (non-hydrogen) atoms. The van der Waals surface area contributed by atoms with Gasteiger partial charge in [0.15, 0.2) is 5.76 Å². The summed E-state index contributed by atoms with van der Waals surface area (Å²) in [6.45, 7) is 7.27. The number of benzene rings is 1. The standard InChI is InChI=1S/C23H27N3O2/c1-17-21(24-23(28-17)22-7-4-14-27-22)16-25-10-12-26(13-11-25)20-9-8-18-5-2-3-6-19(18)15-20/h2-7,14,20H,8-13,15-16H2,1H3/t20-/m1/s1. The number of furan rings is 1. The van der Waals surface area contributed by atoms with Crippen LogP contribution in [-0.4, -0.2) is 47.0 Å². The molecule has 1 aromatic carbocycles. The van der Waals surface area contributed by atoms with Crippen LogP contribution in [0.2, 0.25) is 0 Å². The zero-order valence-electron chi connectivity index (χ0n) is 16.4. The van der Waals surface area contributed by atoms with Gasteiger partial charge in [0.25, 0.3) is 5.89 Å². The number of hydrogen-bond donors (Lipinski definition) is 0. The molecule has 5 rings (SSSR count). The summed E-state index contributed by atoms with van der Waals surface area (Å²) >= 11 is 0. The number of aryl methyl sites for hydroxylation is 2. The molecule has 1 aliphatic heterocycles. The summed E-state index contributed by atoms with van der Waals surface area (Å²) in [5.74, 6) is 2.16. The van der Waals surface area contributed by atoms with Crippen LogP contribution >= 0.6 is 0 Å². The molecule has 0 amide bonds. The van der Waals surface area contributed by atoms with Gasteiger partial charge < -0.3 is 8.83 Å².